The Morgan fingerprint density at radius 3 is 2.44 bits per heavy atom. The van der Waals surface area contributed by atoms with Gasteiger partial charge in [-0.1, -0.05) is 49.4 Å². The molecule has 4 rings (SSSR count). The van der Waals surface area contributed by atoms with Crippen molar-refractivity contribution in [3.63, 3.8) is 0 Å². The molecule has 2 aliphatic heterocycles. The molecule has 0 bridgehead atoms. The quantitative estimate of drug-likeness (QED) is 0.687. The lowest BCUT2D eigenvalue weighted by molar-refractivity contribution is -0.129. The van der Waals surface area contributed by atoms with E-state index in [-0.39, 0.29) is 18.4 Å². The smallest absolute Gasteiger partial charge is 0.268 e. The molecular weight excluding hydrogens is 404 g/mol. The number of piperazine rings is 1. The van der Waals surface area contributed by atoms with Crippen LogP contribution in [0.1, 0.15) is 18.9 Å². The van der Waals surface area contributed by atoms with Gasteiger partial charge in [0.1, 0.15) is 12.3 Å². The van der Waals surface area contributed by atoms with E-state index in [2.05, 4.69) is 39.4 Å². The molecule has 1 atom stereocenters. The molecule has 170 valence electrons. The second kappa shape index (κ2) is 10.6. The van der Waals surface area contributed by atoms with Crippen LogP contribution in [-0.2, 0) is 16.1 Å². The monoisotopic (exact) mass is 436 g/mol. The Hall–Kier alpha value is -2.90. The largest absolute Gasteiger partial charge is 0.478 e. The summed E-state index contributed by atoms with van der Waals surface area (Å²) in [4.78, 5) is 31.7. The van der Waals surface area contributed by atoms with Gasteiger partial charge in [-0.2, -0.15) is 0 Å². The third-order valence-electron chi connectivity index (χ3n) is 6.10. The number of fused-ring (bicyclic) bond motifs is 1. The van der Waals surface area contributed by atoms with E-state index in [1.54, 1.807) is 4.90 Å². The Kier molecular flexibility index (Phi) is 7.39. The van der Waals surface area contributed by atoms with Crippen LogP contribution in [0, 0.1) is 0 Å². The van der Waals surface area contributed by atoms with Crippen molar-refractivity contribution in [3.8, 4) is 5.75 Å². The van der Waals surface area contributed by atoms with Crippen molar-refractivity contribution in [1.82, 2.24) is 15.1 Å². The molecule has 0 aliphatic carbocycles. The van der Waals surface area contributed by atoms with Gasteiger partial charge in [-0.3, -0.25) is 24.3 Å². The Balaban J connectivity index is 1.21. The molecule has 2 aromatic carbocycles. The Morgan fingerprint density at radius 2 is 1.69 bits per heavy atom. The van der Waals surface area contributed by atoms with Crippen molar-refractivity contribution in [2.75, 3.05) is 50.7 Å². The van der Waals surface area contributed by atoms with Gasteiger partial charge < -0.3 is 10.1 Å². The van der Waals surface area contributed by atoms with Gasteiger partial charge in [-0.05, 0) is 24.1 Å². The van der Waals surface area contributed by atoms with E-state index in [1.165, 1.54) is 5.56 Å². The Labute approximate surface area is 189 Å². The Bertz CT molecular complexity index is 912. The number of benzene rings is 2. The topological polar surface area (TPSA) is 65.1 Å². The first-order valence-corrected chi connectivity index (χ1v) is 11.5. The molecule has 1 fully saturated rings. The van der Waals surface area contributed by atoms with E-state index in [0.717, 1.165) is 39.3 Å². The lowest BCUT2D eigenvalue weighted by Gasteiger charge is -2.35. The second-order valence-corrected chi connectivity index (χ2v) is 8.36. The fourth-order valence-corrected chi connectivity index (χ4v) is 4.26. The lowest BCUT2D eigenvalue weighted by atomic mass is 10.1. The van der Waals surface area contributed by atoms with E-state index < -0.39 is 6.10 Å². The van der Waals surface area contributed by atoms with Gasteiger partial charge in [-0.25, -0.2) is 0 Å². The van der Waals surface area contributed by atoms with Gasteiger partial charge in [0, 0.05) is 45.8 Å². The van der Waals surface area contributed by atoms with Crippen molar-refractivity contribution in [3.05, 3.63) is 60.2 Å². The van der Waals surface area contributed by atoms with Crippen molar-refractivity contribution >= 4 is 17.5 Å². The minimum absolute atomic E-state index is 0.0144. The summed E-state index contributed by atoms with van der Waals surface area (Å²) in [6.45, 7) is 8.35. The first-order valence-electron chi connectivity index (χ1n) is 11.5. The van der Waals surface area contributed by atoms with Gasteiger partial charge in [0.05, 0.1) is 5.69 Å². The maximum atomic E-state index is 12.7. The average molecular weight is 437 g/mol. The van der Waals surface area contributed by atoms with E-state index in [0.29, 0.717) is 24.4 Å². The van der Waals surface area contributed by atoms with Crippen LogP contribution in [0.25, 0.3) is 0 Å². The van der Waals surface area contributed by atoms with Crippen LogP contribution in [-0.4, -0.2) is 73.5 Å². The normalized spacial score (nSPS) is 19.3. The Morgan fingerprint density at radius 1 is 1.00 bits per heavy atom. The summed E-state index contributed by atoms with van der Waals surface area (Å²) in [6, 6.07) is 17.9. The predicted molar refractivity (Wildman–Crippen MR) is 125 cm³/mol. The minimum Gasteiger partial charge on any atom is -0.478 e. The highest BCUT2D eigenvalue weighted by molar-refractivity contribution is 6.03. The van der Waals surface area contributed by atoms with Crippen LogP contribution >= 0.6 is 0 Å². The summed E-state index contributed by atoms with van der Waals surface area (Å²) in [7, 11) is 0. The maximum Gasteiger partial charge on any atom is 0.268 e. The number of hydrogen-bond donors (Lipinski definition) is 1. The number of para-hydroxylation sites is 2. The number of nitrogens with one attached hydrogen (secondary N) is 1. The number of rotatable bonds is 8. The first kappa shape index (κ1) is 22.3. The van der Waals surface area contributed by atoms with Gasteiger partial charge in [-0.15, -0.1) is 0 Å². The number of anilines is 1. The maximum absolute atomic E-state index is 12.7. The highest BCUT2D eigenvalue weighted by atomic mass is 16.5. The number of carbonyl (C=O) groups excluding carboxylic acids is 2. The van der Waals surface area contributed by atoms with Gasteiger partial charge in [0.25, 0.3) is 5.91 Å². The van der Waals surface area contributed by atoms with Crippen molar-refractivity contribution in [2.45, 2.75) is 26.0 Å². The molecular formula is C25H32N4O3. The predicted octanol–water partition coefficient (Wildman–Crippen LogP) is 2.12. The van der Waals surface area contributed by atoms with E-state index in [9.17, 15) is 9.59 Å². The third-order valence-corrected chi connectivity index (χ3v) is 6.10. The molecule has 7 nitrogen and oxygen atoms in total. The van der Waals surface area contributed by atoms with Gasteiger partial charge in [0.2, 0.25) is 5.91 Å². The number of nitrogens with zero attached hydrogens (tertiary/aromatic N) is 3. The fraction of sp³-hybridized carbons (Fsp3) is 0.440. The zero-order valence-corrected chi connectivity index (χ0v) is 18.7. The molecule has 2 aliphatic rings. The lowest BCUT2D eigenvalue weighted by Crippen LogP contribution is -2.51. The minimum atomic E-state index is -0.537. The summed E-state index contributed by atoms with van der Waals surface area (Å²) < 4.78 is 5.78. The summed E-state index contributed by atoms with van der Waals surface area (Å²) >= 11 is 0. The van der Waals surface area contributed by atoms with E-state index >= 15 is 0 Å². The number of carbonyl (C=O) groups is 2. The van der Waals surface area contributed by atoms with Crippen molar-refractivity contribution in [1.29, 1.82) is 0 Å². The van der Waals surface area contributed by atoms with Crippen LogP contribution in [0.15, 0.2) is 54.6 Å². The molecule has 2 heterocycles. The molecule has 0 aromatic heterocycles. The van der Waals surface area contributed by atoms with Crippen LogP contribution < -0.4 is 15.0 Å². The molecule has 32 heavy (non-hydrogen) atoms. The van der Waals surface area contributed by atoms with Gasteiger partial charge in [0.15, 0.2) is 6.10 Å². The molecule has 2 amide bonds. The average Bonchev–Trinajstić information content (AvgIpc) is 2.82. The molecule has 0 saturated carbocycles. The molecule has 1 N–H and O–H groups in total. The summed E-state index contributed by atoms with van der Waals surface area (Å²) in [5, 5.41) is 2.98. The van der Waals surface area contributed by atoms with Crippen LogP contribution in [0.2, 0.25) is 0 Å². The SMILES string of the molecule is CCC1Oc2ccccc2N(CC(=O)NCCN2CCN(Cc3ccccc3)CC2)C1=O. The highest BCUT2D eigenvalue weighted by Gasteiger charge is 2.34. The molecule has 2 aromatic rings. The number of hydrogen-bond acceptors (Lipinski definition) is 5. The highest BCUT2D eigenvalue weighted by Crippen LogP contribution is 2.34. The van der Waals surface area contributed by atoms with Crippen LogP contribution in [0.5, 0.6) is 5.75 Å². The summed E-state index contributed by atoms with van der Waals surface area (Å²) in [5.41, 5.74) is 2.00. The molecule has 0 radical (unpaired) electrons. The summed E-state index contributed by atoms with van der Waals surface area (Å²) in [6.07, 6.45) is 0.0338. The summed E-state index contributed by atoms with van der Waals surface area (Å²) in [5.74, 6) is 0.351. The number of ether oxygens (including phenoxy) is 1. The fourth-order valence-electron chi connectivity index (χ4n) is 4.26. The van der Waals surface area contributed by atoms with Crippen molar-refractivity contribution in [2.24, 2.45) is 0 Å². The van der Waals surface area contributed by atoms with Crippen LogP contribution in [0.4, 0.5) is 5.69 Å². The standard InChI is InChI=1S/C25H32N4O3/c1-2-22-25(31)29(21-10-6-7-11-23(21)32-22)19-24(30)26-12-13-27-14-16-28(17-15-27)18-20-8-4-3-5-9-20/h3-11,22H,2,12-19H2,1H3,(H,26,30). The van der Waals surface area contributed by atoms with E-state index in [1.807, 2.05) is 37.3 Å². The van der Waals surface area contributed by atoms with Gasteiger partial charge >= 0.3 is 0 Å². The molecule has 1 saturated heterocycles. The molecule has 7 heteroatoms. The van der Waals surface area contributed by atoms with E-state index in [4.69, 9.17) is 4.74 Å². The van der Waals surface area contributed by atoms with Crippen molar-refractivity contribution < 1.29 is 14.3 Å². The molecule has 1 unspecified atom stereocenters. The number of amides is 2. The van der Waals surface area contributed by atoms with Crippen LogP contribution in [0.3, 0.4) is 0 Å². The molecule has 0 spiro atoms. The third kappa shape index (κ3) is 5.47. The first-order chi connectivity index (χ1) is 15.6. The zero-order valence-electron chi connectivity index (χ0n) is 18.7. The zero-order chi connectivity index (χ0) is 22.3. The second-order valence-electron chi connectivity index (χ2n) is 8.36.